The standard InChI is InChI=1S/C22H21FN4O4/c1-26(12-18-14-30-19-4-2-3-5-20(19)31-18)21(28)13-27-11-17(10-24-27)25-22(29)15-6-8-16(23)9-7-15/h2-11,18H,12-14H2,1H3,(H,25,29)/t18-/m0/s1. The van der Waals surface area contributed by atoms with Gasteiger partial charge in [0.2, 0.25) is 5.91 Å². The zero-order valence-corrected chi connectivity index (χ0v) is 16.8. The topological polar surface area (TPSA) is 85.7 Å². The van der Waals surface area contributed by atoms with E-state index in [4.69, 9.17) is 9.47 Å². The molecule has 0 aliphatic carbocycles. The Hall–Kier alpha value is -3.88. The van der Waals surface area contributed by atoms with E-state index in [0.717, 1.165) is 0 Å². The molecular weight excluding hydrogens is 403 g/mol. The third-order valence-corrected chi connectivity index (χ3v) is 4.77. The van der Waals surface area contributed by atoms with Crippen molar-refractivity contribution in [3.63, 3.8) is 0 Å². The quantitative estimate of drug-likeness (QED) is 0.657. The fourth-order valence-corrected chi connectivity index (χ4v) is 3.14. The molecule has 1 aromatic heterocycles. The van der Waals surface area contributed by atoms with Crippen molar-refractivity contribution in [2.45, 2.75) is 12.6 Å². The number of carbonyl (C=O) groups is 2. The zero-order chi connectivity index (χ0) is 21.8. The zero-order valence-electron chi connectivity index (χ0n) is 16.8. The molecule has 1 N–H and O–H groups in total. The predicted molar refractivity (Wildman–Crippen MR) is 111 cm³/mol. The van der Waals surface area contributed by atoms with Gasteiger partial charge in [0.25, 0.3) is 5.91 Å². The largest absolute Gasteiger partial charge is 0.486 e. The predicted octanol–water partition coefficient (Wildman–Crippen LogP) is 2.57. The number of likely N-dealkylation sites (N-methyl/N-ethyl adjacent to an activating group) is 1. The number of benzene rings is 2. The van der Waals surface area contributed by atoms with E-state index in [0.29, 0.717) is 35.9 Å². The van der Waals surface area contributed by atoms with Gasteiger partial charge in [0.05, 0.1) is 18.4 Å². The van der Waals surface area contributed by atoms with Gasteiger partial charge in [0.1, 0.15) is 19.0 Å². The molecule has 4 rings (SSSR count). The van der Waals surface area contributed by atoms with Crippen molar-refractivity contribution >= 4 is 17.5 Å². The number of halogens is 1. The van der Waals surface area contributed by atoms with Crippen molar-refractivity contribution in [1.82, 2.24) is 14.7 Å². The van der Waals surface area contributed by atoms with Gasteiger partial charge in [-0.15, -0.1) is 0 Å². The minimum Gasteiger partial charge on any atom is -0.486 e. The van der Waals surface area contributed by atoms with Crippen LogP contribution >= 0.6 is 0 Å². The van der Waals surface area contributed by atoms with Crippen molar-refractivity contribution in [2.75, 3.05) is 25.5 Å². The molecule has 0 saturated heterocycles. The first-order valence-electron chi connectivity index (χ1n) is 9.70. The van der Waals surface area contributed by atoms with Crippen molar-refractivity contribution in [3.05, 3.63) is 72.3 Å². The number of rotatable bonds is 6. The van der Waals surface area contributed by atoms with Crippen LogP contribution in [-0.2, 0) is 11.3 Å². The summed E-state index contributed by atoms with van der Waals surface area (Å²) < 4.78 is 26.0. The Labute approximate surface area is 178 Å². The molecular formula is C22H21FN4O4. The maximum absolute atomic E-state index is 13.0. The third kappa shape index (κ3) is 5.00. The summed E-state index contributed by atoms with van der Waals surface area (Å²) in [5, 5.41) is 6.78. The Morgan fingerprint density at radius 3 is 2.71 bits per heavy atom. The second-order valence-electron chi connectivity index (χ2n) is 7.16. The van der Waals surface area contributed by atoms with Gasteiger partial charge in [-0.1, -0.05) is 12.1 Å². The van der Waals surface area contributed by atoms with Gasteiger partial charge in [-0.3, -0.25) is 14.3 Å². The van der Waals surface area contributed by atoms with Crippen LogP contribution in [0, 0.1) is 5.82 Å². The first-order valence-corrected chi connectivity index (χ1v) is 9.70. The fraction of sp³-hybridized carbons (Fsp3) is 0.227. The van der Waals surface area contributed by atoms with Crippen LogP contribution in [0.15, 0.2) is 60.9 Å². The Morgan fingerprint density at radius 2 is 1.94 bits per heavy atom. The van der Waals surface area contributed by atoms with Crippen molar-refractivity contribution in [3.8, 4) is 11.5 Å². The number of hydrogen-bond donors (Lipinski definition) is 1. The number of aromatic nitrogens is 2. The van der Waals surface area contributed by atoms with Crippen molar-refractivity contribution in [2.24, 2.45) is 0 Å². The summed E-state index contributed by atoms with van der Waals surface area (Å²) in [7, 11) is 1.69. The van der Waals surface area contributed by atoms with Crippen LogP contribution in [0.4, 0.5) is 10.1 Å². The van der Waals surface area contributed by atoms with Gasteiger partial charge in [-0.05, 0) is 36.4 Å². The van der Waals surface area contributed by atoms with Crippen LogP contribution in [-0.4, -0.2) is 52.8 Å². The van der Waals surface area contributed by atoms with E-state index in [1.165, 1.54) is 35.1 Å². The third-order valence-electron chi connectivity index (χ3n) is 4.77. The Kier molecular flexibility index (Phi) is 5.83. The van der Waals surface area contributed by atoms with E-state index in [-0.39, 0.29) is 18.6 Å². The van der Waals surface area contributed by atoms with Crippen molar-refractivity contribution in [1.29, 1.82) is 0 Å². The Bertz CT molecular complexity index is 1080. The van der Waals surface area contributed by atoms with Crippen LogP contribution in [0.2, 0.25) is 0 Å². The molecule has 3 aromatic rings. The van der Waals surface area contributed by atoms with Gasteiger partial charge in [0.15, 0.2) is 17.6 Å². The maximum Gasteiger partial charge on any atom is 0.255 e. The molecule has 0 spiro atoms. The molecule has 1 aliphatic heterocycles. The van der Waals surface area contributed by atoms with Gasteiger partial charge in [0, 0.05) is 18.8 Å². The highest BCUT2D eigenvalue weighted by Gasteiger charge is 2.24. The van der Waals surface area contributed by atoms with E-state index < -0.39 is 11.7 Å². The normalized spacial score (nSPS) is 14.7. The summed E-state index contributed by atoms with van der Waals surface area (Å²) in [4.78, 5) is 26.3. The highest BCUT2D eigenvalue weighted by Crippen LogP contribution is 2.30. The number of carbonyl (C=O) groups excluding carboxylic acids is 2. The maximum atomic E-state index is 13.0. The molecule has 2 aromatic carbocycles. The van der Waals surface area contributed by atoms with Crippen LogP contribution in [0.1, 0.15) is 10.4 Å². The number of nitrogens with zero attached hydrogens (tertiary/aromatic N) is 3. The van der Waals surface area contributed by atoms with Crippen molar-refractivity contribution < 1.29 is 23.5 Å². The molecule has 8 nitrogen and oxygen atoms in total. The van der Waals surface area contributed by atoms with Crippen LogP contribution in [0.25, 0.3) is 0 Å². The fourth-order valence-electron chi connectivity index (χ4n) is 3.14. The van der Waals surface area contributed by atoms with Gasteiger partial charge < -0.3 is 19.7 Å². The van der Waals surface area contributed by atoms with Crippen LogP contribution in [0.3, 0.4) is 0 Å². The van der Waals surface area contributed by atoms with Gasteiger partial charge in [-0.2, -0.15) is 5.10 Å². The van der Waals surface area contributed by atoms with E-state index >= 15 is 0 Å². The number of nitrogens with one attached hydrogen (secondary N) is 1. The monoisotopic (exact) mass is 424 g/mol. The molecule has 1 aliphatic rings. The summed E-state index contributed by atoms with van der Waals surface area (Å²) in [5.74, 6) is 0.383. The number of amides is 2. The second kappa shape index (κ2) is 8.86. The van der Waals surface area contributed by atoms with Gasteiger partial charge in [-0.25, -0.2) is 4.39 Å². The smallest absolute Gasteiger partial charge is 0.255 e. The SMILES string of the molecule is CN(C[C@H]1COc2ccccc2O1)C(=O)Cn1cc(NC(=O)c2ccc(F)cc2)cn1. The lowest BCUT2D eigenvalue weighted by Crippen LogP contribution is -2.42. The van der Waals surface area contributed by atoms with Gasteiger partial charge >= 0.3 is 0 Å². The molecule has 160 valence electrons. The molecule has 0 bridgehead atoms. The summed E-state index contributed by atoms with van der Waals surface area (Å²) in [6.07, 6.45) is 2.74. The highest BCUT2D eigenvalue weighted by molar-refractivity contribution is 6.04. The molecule has 0 unspecified atom stereocenters. The molecule has 2 amide bonds. The lowest BCUT2D eigenvalue weighted by molar-refractivity contribution is -0.132. The number of para-hydroxylation sites is 2. The molecule has 0 saturated carbocycles. The number of anilines is 1. The average Bonchev–Trinajstić information content (AvgIpc) is 3.20. The van der Waals surface area contributed by atoms with E-state index in [2.05, 4.69) is 10.4 Å². The lowest BCUT2D eigenvalue weighted by Gasteiger charge is -2.29. The number of ether oxygens (including phenoxy) is 2. The second-order valence-corrected chi connectivity index (χ2v) is 7.16. The first-order chi connectivity index (χ1) is 15.0. The van der Waals surface area contributed by atoms with Crippen LogP contribution < -0.4 is 14.8 Å². The average molecular weight is 424 g/mol. The Morgan fingerprint density at radius 1 is 1.19 bits per heavy atom. The first kappa shape index (κ1) is 20.4. The van der Waals surface area contributed by atoms with E-state index in [1.54, 1.807) is 18.1 Å². The molecule has 2 heterocycles. The molecule has 9 heteroatoms. The molecule has 31 heavy (non-hydrogen) atoms. The summed E-state index contributed by atoms with van der Waals surface area (Å²) >= 11 is 0. The van der Waals surface area contributed by atoms with E-state index in [9.17, 15) is 14.0 Å². The van der Waals surface area contributed by atoms with Crippen LogP contribution in [0.5, 0.6) is 11.5 Å². The number of hydrogen-bond acceptors (Lipinski definition) is 5. The lowest BCUT2D eigenvalue weighted by atomic mass is 10.2. The summed E-state index contributed by atoms with van der Waals surface area (Å²) in [6.45, 7) is 0.728. The minimum absolute atomic E-state index is 0.00703. The molecule has 1 atom stereocenters. The summed E-state index contributed by atoms with van der Waals surface area (Å²) in [5.41, 5.74) is 0.756. The summed E-state index contributed by atoms with van der Waals surface area (Å²) in [6, 6.07) is 12.6. The Balaban J connectivity index is 1.29. The molecule has 0 fully saturated rings. The van der Waals surface area contributed by atoms with E-state index in [1.807, 2.05) is 24.3 Å². The minimum atomic E-state index is -0.415. The number of fused-ring (bicyclic) bond motifs is 1. The molecule has 0 radical (unpaired) electrons. The highest BCUT2D eigenvalue weighted by atomic mass is 19.1.